The molecule has 1 amide bonds. The molecule has 0 spiro atoms. The minimum atomic E-state index is -1.66. The predicted molar refractivity (Wildman–Crippen MR) is 347 cm³/mol. The number of aromatic carboxylic acids is 1. The van der Waals surface area contributed by atoms with Gasteiger partial charge in [0.1, 0.15) is 22.7 Å². The van der Waals surface area contributed by atoms with Crippen LogP contribution in [0.1, 0.15) is 72.4 Å². The van der Waals surface area contributed by atoms with Gasteiger partial charge in [0, 0.05) is 76.3 Å². The Hall–Kier alpha value is -8.62. The highest BCUT2D eigenvalue weighted by Gasteiger charge is 2.51. The first-order valence-electron chi connectivity index (χ1n) is 26.6. The van der Waals surface area contributed by atoms with Crippen LogP contribution in [-0.2, 0) is 44.7 Å². The maximum atomic E-state index is 13.2. The fourth-order valence-electron chi connectivity index (χ4n) is 8.13. The Morgan fingerprint density at radius 2 is 1.21 bits per heavy atom. The van der Waals surface area contributed by atoms with Crippen LogP contribution in [0.4, 0.5) is 0 Å². The topological polar surface area (TPSA) is 255 Å². The third-order valence-electron chi connectivity index (χ3n) is 12.7. The van der Waals surface area contributed by atoms with Gasteiger partial charge in [0.2, 0.25) is 5.78 Å². The molecular weight excluding hydrogens is 1290 g/mol. The zero-order valence-electron chi connectivity index (χ0n) is 47.9. The Morgan fingerprint density at radius 1 is 0.667 bits per heavy atom. The smallest absolute Gasteiger partial charge is 0.354 e. The number of halogens is 2. The van der Waals surface area contributed by atoms with Crippen molar-refractivity contribution in [2.45, 2.75) is 44.3 Å². The van der Waals surface area contributed by atoms with Crippen LogP contribution in [0.15, 0.2) is 231 Å². The van der Waals surface area contributed by atoms with Gasteiger partial charge in [-0.05, 0) is 130 Å². The summed E-state index contributed by atoms with van der Waals surface area (Å²) in [6.45, 7) is 0. The summed E-state index contributed by atoms with van der Waals surface area (Å²) in [6, 6.07) is 45.2. The van der Waals surface area contributed by atoms with E-state index in [2.05, 4.69) is 24.9 Å². The third-order valence-corrected chi connectivity index (χ3v) is 18.2. The molecular formula is C65H54Cl2N6O12S5. The maximum Gasteiger partial charge on any atom is 0.354 e. The van der Waals surface area contributed by atoms with Crippen molar-refractivity contribution < 1.29 is 58.1 Å². The van der Waals surface area contributed by atoms with Crippen molar-refractivity contribution in [3.8, 4) is 0 Å². The molecule has 2 N–H and O–H groups in total. The largest absolute Gasteiger partial charge is 0.477 e. The van der Waals surface area contributed by atoms with E-state index in [0.29, 0.717) is 53.7 Å². The van der Waals surface area contributed by atoms with Crippen LogP contribution in [0.3, 0.4) is 0 Å². The number of carbonyl (C=O) groups is 7. The minimum absolute atomic E-state index is 0.0122. The normalized spacial score (nSPS) is 14.8. The molecule has 25 heteroatoms. The quantitative estimate of drug-likeness (QED) is 0.0282. The molecule has 0 aliphatic carbocycles. The number of esters is 2. The Kier molecular flexibility index (Phi) is 26.3. The number of thioether (sulfide) groups is 2. The van der Waals surface area contributed by atoms with Crippen LogP contribution < -0.4 is 0 Å². The zero-order valence-corrected chi connectivity index (χ0v) is 53.5. The number of aromatic nitrogens is 5. The third kappa shape index (κ3) is 18.7. The number of cyclic esters (lactones) is 1. The van der Waals surface area contributed by atoms with Crippen molar-refractivity contribution in [2.75, 3.05) is 21.3 Å². The first kappa shape index (κ1) is 68.9. The summed E-state index contributed by atoms with van der Waals surface area (Å²) < 4.78 is 10.8. The highest BCUT2D eigenvalue weighted by molar-refractivity contribution is 8.01. The molecule has 90 heavy (non-hydrogen) atoms. The number of carbonyl (C=O) groups excluding carboxylic acids is 6. The fraction of sp³-hybridized carbons (Fsp3) is 0.138. The molecule has 1 aliphatic rings. The lowest BCUT2D eigenvalue weighted by Crippen LogP contribution is -2.48. The van der Waals surface area contributed by atoms with Gasteiger partial charge in [0.25, 0.3) is 5.91 Å². The van der Waals surface area contributed by atoms with Crippen molar-refractivity contribution >= 4 is 122 Å². The molecule has 8 aromatic heterocycles. The molecule has 18 nitrogen and oxygen atoms in total. The van der Waals surface area contributed by atoms with Crippen LogP contribution in [0.2, 0.25) is 10.0 Å². The van der Waals surface area contributed by atoms with E-state index in [9.17, 15) is 38.7 Å². The van der Waals surface area contributed by atoms with Crippen molar-refractivity contribution in [1.82, 2.24) is 30.0 Å². The number of amides is 1. The highest BCUT2D eigenvalue weighted by Crippen LogP contribution is 2.45. The molecule has 1 aliphatic heterocycles. The summed E-state index contributed by atoms with van der Waals surface area (Å²) >= 11 is 18.9. The number of hydrogen-bond acceptors (Lipinski definition) is 21. The van der Waals surface area contributed by atoms with Crippen molar-refractivity contribution in [3.63, 3.8) is 0 Å². The molecule has 10 aromatic rings. The first-order valence-corrected chi connectivity index (χ1v) is 32.0. The van der Waals surface area contributed by atoms with Crippen molar-refractivity contribution in [2.24, 2.45) is 0 Å². The van der Waals surface area contributed by atoms with Crippen LogP contribution in [0, 0.1) is 0 Å². The lowest BCUT2D eigenvalue weighted by Gasteiger charge is -2.37. The molecule has 11 rings (SSSR count). The zero-order chi connectivity index (χ0) is 64.5. The first-order chi connectivity index (χ1) is 43.5. The number of pyridine rings is 5. The average Bonchev–Trinajstić information content (AvgIpc) is 1.18. The van der Waals surface area contributed by atoms with Gasteiger partial charge in [-0.1, -0.05) is 77.8 Å². The van der Waals surface area contributed by atoms with E-state index in [4.69, 9.17) is 42.6 Å². The van der Waals surface area contributed by atoms with Crippen LogP contribution in [-0.4, -0.2) is 113 Å². The van der Waals surface area contributed by atoms with E-state index in [1.165, 1.54) is 67.5 Å². The highest BCUT2D eigenvalue weighted by atomic mass is 35.5. The number of ketones is 3. The summed E-state index contributed by atoms with van der Waals surface area (Å²) in [7, 11) is 4.19. The summed E-state index contributed by atoms with van der Waals surface area (Å²) in [5.74, 6) is -3.22. The number of ether oxygens (including phenoxy) is 2. The van der Waals surface area contributed by atoms with Gasteiger partial charge in [-0.2, -0.15) is 34.0 Å². The van der Waals surface area contributed by atoms with Crippen molar-refractivity contribution in [1.29, 1.82) is 0 Å². The van der Waals surface area contributed by atoms with Gasteiger partial charge in [-0.25, -0.2) is 14.8 Å². The fourth-order valence-corrected chi connectivity index (χ4v) is 12.7. The lowest BCUT2D eigenvalue weighted by molar-refractivity contribution is -0.166. The van der Waals surface area contributed by atoms with E-state index in [1.54, 1.807) is 151 Å². The number of hydrogen-bond donors (Lipinski definition) is 2. The average molecular weight is 1340 g/mol. The molecule has 4 unspecified atom stereocenters. The summed E-state index contributed by atoms with van der Waals surface area (Å²) in [5, 5.41) is 30.8. The lowest BCUT2D eigenvalue weighted by atomic mass is 9.84. The molecule has 0 saturated carbocycles. The molecule has 460 valence electrons. The molecule has 4 atom stereocenters. The van der Waals surface area contributed by atoms with E-state index in [1.807, 2.05) is 57.2 Å². The Bertz CT molecular complexity index is 3910. The van der Waals surface area contributed by atoms with E-state index in [0.717, 1.165) is 34.2 Å². The van der Waals surface area contributed by atoms with Crippen LogP contribution in [0.25, 0.3) is 0 Å². The molecule has 1 fully saturated rings. The molecule has 9 heterocycles. The number of Topliss-reactive ketones (excluding diaryl/α,β-unsaturated/α-hetero) is 2. The number of benzene rings is 2. The van der Waals surface area contributed by atoms with E-state index < -0.39 is 45.4 Å². The van der Waals surface area contributed by atoms with Gasteiger partial charge in [-0.15, -0.1) is 23.5 Å². The number of nitrogens with zero attached hydrogens (tertiary/aromatic N) is 6. The van der Waals surface area contributed by atoms with Gasteiger partial charge in [0.15, 0.2) is 27.7 Å². The number of hydroxylamine groups is 2. The standard InChI is InChI=1S/C21H18ClNO4S2.C20H14ClNO3S2.C10H7NOS.C8H10N2O2.C6H5NO2/c1-27-20(25)19(29-17-7-3-2-6-15(17)22)16(24)12-21(26,14-9-11-28-13-14)18-8-4-5-10-23-18;21-14-5-1-2-6-16(14)27-18-15(23)11-20(25-19(18)24,13-8-10-26-12-13)17-7-3-4-9-22-17;12-10(8-4-6-13-7-8)9-3-1-2-5-11-9;1-10(12-2)8(11)7-5-3-4-6-9-7;8-6(9)5-3-1-2-4-7-5/h2-11,13,19,26H,12H2,1H3;1-10,12,18H,11H2;1-7H;3-6H,1-2H3;1-4H,(H,8,9). The van der Waals surface area contributed by atoms with Gasteiger partial charge >= 0.3 is 17.9 Å². The number of carboxylic acid groups (broad SMARTS) is 1. The number of methoxy groups -OCH3 is 1. The second-order valence-electron chi connectivity index (χ2n) is 18.5. The molecule has 1 saturated heterocycles. The summed E-state index contributed by atoms with van der Waals surface area (Å²) in [4.78, 5) is 111. The van der Waals surface area contributed by atoms with Gasteiger partial charge in [-0.3, -0.25) is 53.5 Å². The minimum Gasteiger partial charge on any atom is -0.477 e. The van der Waals surface area contributed by atoms with Crippen LogP contribution in [0.5, 0.6) is 0 Å². The maximum absolute atomic E-state index is 13.2. The van der Waals surface area contributed by atoms with Crippen LogP contribution >= 0.6 is 80.7 Å². The number of rotatable bonds is 17. The Morgan fingerprint density at radius 3 is 1.70 bits per heavy atom. The second-order valence-corrected chi connectivity index (χ2v) is 24.0. The summed E-state index contributed by atoms with van der Waals surface area (Å²) in [6.07, 6.45) is 7.52. The molecule has 0 radical (unpaired) electrons. The Labute approximate surface area is 547 Å². The van der Waals surface area contributed by atoms with Gasteiger partial charge in [0.05, 0.1) is 42.1 Å². The summed E-state index contributed by atoms with van der Waals surface area (Å²) in [5.41, 5.74) is 1.00. The number of carboxylic acids is 1. The second kappa shape index (κ2) is 34.4. The van der Waals surface area contributed by atoms with Crippen molar-refractivity contribution in [3.05, 3.63) is 276 Å². The monoisotopic (exact) mass is 1340 g/mol. The SMILES string of the molecule is COC(=O)C(Sc1ccccc1Cl)C(=O)CC(O)(c1ccsc1)c1ccccn1.CON(C)C(=O)c1ccccn1.O=C(O)c1ccccn1.O=C(c1ccsc1)c1ccccn1.O=C1CC(c2ccsc2)(c2ccccn2)OC(=O)C1Sc1ccccc1Cl. The predicted octanol–water partition coefficient (Wildman–Crippen LogP) is 12.9. The number of aliphatic hydroxyl groups is 1. The van der Waals surface area contributed by atoms with Gasteiger partial charge < -0.3 is 19.7 Å². The van der Waals surface area contributed by atoms with E-state index >= 15 is 0 Å². The van der Waals surface area contributed by atoms with E-state index in [-0.39, 0.29) is 36.0 Å². The molecule has 2 aromatic carbocycles. The Balaban J connectivity index is 0.000000172. The molecule has 0 bridgehead atoms. The number of thiophene rings is 3.